The Morgan fingerprint density at radius 3 is 2.24 bits per heavy atom. The largest absolute Gasteiger partial charge is 0.478 e. The van der Waals surface area contributed by atoms with E-state index in [0.717, 1.165) is 36.1 Å². The van der Waals surface area contributed by atoms with Crippen molar-refractivity contribution in [3.63, 3.8) is 0 Å². The van der Waals surface area contributed by atoms with Crippen molar-refractivity contribution in [2.45, 2.75) is 59.5 Å². The van der Waals surface area contributed by atoms with Gasteiger partial charge in [-0.05, 0) is 78.6 Å². The molecular weight excluding hydrogens is 360 g/mol. The molecule has 0 amide bonds. The first-order valence-electron chi connectivity index (χ1n) is 10.3. The summed E-state index contributed by atoms with van der Waals surface area (Å²) in [5, 5.41) is 9.26. The third-order valence-corrected chi connectivity index (χ3v) is 5.27. The SMILES string of the molecule is CCc1cc(C#Cc2ccc(C3(OCC(C)(C)C)CC3)c(C)c2)ccc1C(=O)O. The molecule has 0 unspecified atom stereocenters. The average molecular weight is 391 g/mol. The fraction of sp³-hybridized carbons (Fsp3) is 0.423. The fourth-order valence-corrected chi connectivity index (χ4v) is 3.53. The molecule has 0 aromatic heterocycles. The Labute approximate surface area is 174 Å². The van der Waals surface area contributed by atoms with Gasteiger partial charge in [-0.2, -0.15) is 0 Å². The van der Waals surface area contributed by atoms with E-state index in [1.165, 1.54) is 11.1 Å². The van der Waals surface area contributed by atoms with Crippen LogP contribution in [0.5, 0.6) is 0 Å². The molecule has 0 bridgehead atoms. The minimum absolute atomic E-state index is 0.119. The molecule has 1 fully saturated rings. The predicted octanol–water partition coefficient (Wildman–Crippen LogP) is 5.71. The molecule has 1 saturated carbocycles. The molecule has 1 aliphatic rings. The molecular formula is C26H30O3. The molecule has 1 N–H and O–H groups in total. The van der Waals surface area contributed by atoms with Gasteiger partial charge in [-0.15, -0.1) is 0 Å². The van der Waals surface area contributed by atoms with Gasteiger partial charge in [-0.25, -0.2) is 4.79 Å². The predicted molar refractivity (Wildman–Crippen MR) is 116 cm³/mol. The molecule has 0 spiro atoms. The Hall–Kier alpha value is -2.57. The van der Waals surface area contributed by atoms with Crippen LogP contribution in [0.1, 0.15) is 78.7 Å². The van der Waals surface area contributed by atoms with Crippen LogP contribution in [0.25, 0.3) is 0 Å². The molecule has 152 valence electrons. The van der Waals surface area contributed by atoms with E-state index in [1.54, 1.807) is 12.1 Å². The number of aryl methyl sites for hydroxylation is 2. The van der Waals surface area contributed by atoms with Crippen molar-refractivity contribution in [2.75, 3.05) is 6.61 Å². The van der Waals surface area contributed by atoms with Gasteiger partial charge in [0.1, 0.15) is 0 Å². The molecule has 3 heteroatoms. The highest BCUT2D eigenvalue weighted by atomic mass is 16.5. The lowest BCUT2D eigenvalue weighted by Crippen LogP contribution is -2.22. The van der Waals surface area contributed by atoms with Crippen LogP contribution in [-0.2, 0) is 16.8 Å². The van der Waals surface area contributed by atoms with E-state index >= 15 is 0 Å². The van der Waals surface area contributed by atoms with Gasteiger partial charge >= 0.3 is 5.97 Å². The zero-order chi connectivity index (χ0) is 21.2. The normalized spacial score (nSPS) is 14.8. The highest BCUT2D eigenvalue weighted by Gasteiger charge is 2.47. The maximum atomic E-state index is 11.3. The van der Waals surface area contributed by atoms with E-state index in [4.69, 9.17) is 4.74 Å². The van der Waals surface area contributed by atoms with Crippen molar-refractivity contribution in [3.8, 4) is 11.8 Å². The summed E-state index contributed by atoms with van der Waals surface area (Å²) in [6.45, 7) is 11.4. The number of hydrogen-bond acceptors (Lipinski definition) is 2. The summed E-state index contributed by atoms with van der Waals surface area (Å²) < 4.78 is 6.31. The van der Waals surface area contributed by atoms with Crippen LogP contribution < -0.4 is 0 Å². The first-order valence-corrected chi connectivity index (χ1v) is 10.3. The highest BCUT2D eigenvalue weighted by molar-refractivity contribution is 5.89. The second kappa shape index (κ2) is 8.05. The van der Waals surface area contributed by atoms with Gasteiger partial charge in [0.05, 0.1) is 17.8 Å². The maximum absolute atomic E-state index is 11.3. The Morgan fingerprint density at radius 1 is 1.10 bits per heavy atom. The number of rotatable bonds is 5. The monoisotopic (exact) mass is 390 g/mol. The number of carbonyl (C=O) groups is 1. The van der Waals surface area contributed by atoms with Crippen LogP contribution in [0, 0.1) is 24.2 Å². The Kier molecular flexibility index (Phi) is 5.87. The van der Waals surface area contributed by atoms with Gasteiger partial charge in [0.2, 0.25) is 0 Å². The van der Waals surface area contributed by atoms with E-state index < -0.39 is 5.97 Å². The molecule has 0 heterocycles. The van der Waals surface area contributed by atoms with Crippen molar-refractivity contribution >= 4 is 5.97 Å². The molecule has 2 aromatic carbocycles. The zero-order valence-electron chi connectivity index (χ0n) is 18.1. The topological polar surface area (TPSA) is 46.5 Å². The number of aromatic carboxylic acids is 1. The summed E-state index contributed by atoms with van der Waals surface area (Å²) in [7, 11) is 0. The number of carboxylic acid groups (broad SMARTS) is 1. The molecule has 1 aliphatic carbocycles. The molecule has 0 radical (unpaired) electrons. The lowest BCUT2D eigenvalue weighted by Gasteiger charge is -2.25. The van der Waals surface area contributed by atoms with Gasteiger partial charge in [-0.3, -0.25) is 0 Å². The van der Waals surface area contributed by atoms with Gasteiger partial charge < -0.3 is 9.84 Å². The van der Waals surface area contributed by atoms with Crippen LogP contribution in [0.4, 0.5) is 0 Å². The number of carboxylic acids is 1. The quantitative estimate of drug-likeness (QED) is 0.666. The van der Waals surface area contributed by atoms with Gasteiger partial charge in [0.25, 0.3) is 0 Å². The molecule has 2 aromatic rings. The third-order valence-electron chi connectivity index (χ3n) is 5.27. The van der Waals surface area contributed by atoms with Crippen molar-refractivity contribution < 1.29 is 14.6 Å². The molecule has 3 rings (SSSR count). The van der Waals surface area contributed by atoms with Crippen LogP contribution in [0.15, 0.2) is 36.4 Å². The molecule has 0 saturated heterocycles. The summed E-state index contributed by atoms with van der Waals surface area (Å²) in [5.74, 6) is 5.50. The van der Waals surface area contributed by atoms with Crippen molar-refractivity contribution in [1.82, 2.24) is 0 Å². The van der Waals surface area contributed by atoms with E-state index in [1.807, 2.05) is 13.0 Å². The molecule has 29 heavy (non-hydrogen) atoms. The van der Waals surface area contributed by atoms with Crippen LogP contribution in [0.3, 0.4) is 0 Å². The Bertz CT molecular complexity index is 979. The van der Waals surface area contributed by atoms with E-state index in [2.05, 4.69) is 57.7 Å². The van der Waals surface area contributed by atoms with Crippen LogP contribution in [0.2, 0.25) is 0 Å². The lowest BCUT2D eigenvalue weighted by atomic mass is 9.96. The third kappa shape index (κ3) is 5.08. The number of hydrogen-bond donors (Lipinski definition) is 1. The van der Waals surface area contributed by atoms with Gasteiger partial charge in [0, 0.05) is 11.1 Å². The first kappa shape index (κ1) is 21.1. The molecule has 3 nitrogen and oxygen atoms in total. The molecule has 0 atom stereocenters. The fourth-order valence-electron chi connectivity index (χ4n) is 3.53. The van der Waals surface area contributed by atoms with Gasteiger partial charge in [-0.1, -0.05) is 45.6 Å². The number of ether oxygens (including phenoxy) is 1. The highest BCUT2D eigenvalue weighted by Crippen LogP contribution is 2.51. The second-order valence-corrected chi connectivity index (χ2v) is 9.15. The van der Waals surface area contributed by atoms with Crippen molar-refractivity contribution in [1.29, 1.82) is 0 Å². The standard InChI is InChI=1S/C26H30O3/c1-6-21-16-20(9-11-22(21)24(27)28)8-7-19-10-12-23(18(2)15-19)26(13-14-26)29-17-25(3,4)5/h9-12,15-16H,6,13-14,17H2,1-5H3,(H,27,28). The Balaban J connectivity index is 1.80. The minimum atomic E-state index is -0.893. The van der Waals surface area contributed by atoms with E-state index in [9.17, 15) is 9.90 Å². The van der Waals surface area contributed by atoms with E-state index in [0.29, 0.717) is 12.0 Å². The van der Waals surface area contributed by atoms with Crippen molar-refractivity contribution in [3.05, 3.63) is 69.8 Å². The average Bonchev–Trinajstić information content (AvgIpc) is 3.45. The molecule has 0 aliphatic heterocycles. The first-order chi connectivity index (χ1) is 13.6. The van der Waals surface area contributed by atoms with E-state index in [-0.39, 0.29) is 11.0 Å². The second-order valence-electron chi connectivity index (χ2n) is 9.15. The summed E-state index contributed by atoms with van der Waals surface area (Å²) in [5.41, 5.74) is 5.46. The number of benzene rings is 2. The smallest absolute Gasteiger partial charge is 0.335 e. The minimum Gasteiger partial charge on any atom is -0.478 e. The summed E-state index contributed by atoms with van der Waals surface area (Å²) in [4.78, 5) is 11.3. The summed E-state index contributed by atoms with van der Waals surface area (Å²) >= 11 is 0. The zero-order valence-corrected chi connectivity index (χ0v) is 18.1. The summed E-state index contributed by atoms with van der Waals surface area (Å²) in [6.07, 6.45) is 2.82. The van der Waals surface area contributed by atoms with Crippen molar-refractivity contribution in [2.24, 2.45) is 5.41 Å². The Morgan fingerprint density at radius 2 is 1.72 bits per heavy atom. The lowest BCUT2D eigenvalue weighted by molar-refractivity contribution is -0.0120. The van der Waals surface area contributed by atoms with Gasteiger partial charge in [0.15, 0.2) is 0 Å². The summed E-state index contributed by atoms with van der Waals surface area (Å²) in [6, 6.07) is 11.6. The van der Waals surface area contributed by atoms with Crippen LogP contribution >= 0.6 is 0 Å². The van der Waals surface area contributed by atoms with Crippen LogP contribution in [-0.4, -0.2) is 17.7 Å². The maximum Gasteiger partial charge on any atom is 0.335 e.